The molecule has 0 fully saturated rings. The Hall–Kier alpha value is -3.22. The molecule has 2 aromatic heterocycles. The van der Waals surface area contributed by atoms with Crippen molar-refractivity contribution in [3.05, 3.63) is 58.5 Å². The number of halogens is 3. The molecular formula is C14H10F3N5O4S. The number of anilines is 1. The standard InChI is InChI=1S/C14H10F3N5O4S/c15-14(16,17)27(25,26)10-1-2-11(12(7-10)22(23)24)19-8-9-3-5-18-13-4-6-20-21(9)13/h1-7,19H,8H2. The van der Waals surface area contributed by atoms with E-state index in [0.29, 0.717) is 23.5 Å². The van der Waals surface area contributed by atoms with Crippen LogP contribution in [-0.2, 0) is 16.4 Å². The Kier molecular flexibility index (Phi) is 4.47. The molecule has 0 aliphatic rings. The van der Waals surface area contributed by atoms with Crippen LogP contribution in [0.5, 0.6) is 0 Å². The van der Waals surface area contributed by atoms with Gasteiger partial charge in [-0.15, -0.1) is 0 Å². The average molecular weight is 401 g/mol. The number of aromatic nitrogens is 3. The van der Waals surface area contributed by atoms with Crippen molar-refractivity contribution >= 4 is 26.9 Å². The first-order valence-corrected chi connectivity index (χ1v) is 8.71. The molecule has 1 N–H and O–H groups in total. The first-order valence-electron chi connectivity index (χ1n) is 7.22. The van der Waals surface area contributed by atoms with Crippen molar-refractivity contribution in [3.8, 4) is 0 Å². The van der Waals surface area contributed by atoms with Crippen LogP contribution >= 0.6 is 0 Å². The van der Waals surface area contributed by atoms with E-state index in [1.807, 2.05) is 0 Å². The summed E-state index contributed by atoms with van der Waals surface area (Å²) < 4.78 is 62.3. The van der Waals surface area contributed by atoms with Crippen molar-refractivity contribution in [2.24, 2.45) is 0 Å². The van der Waals surface area contributed by atoms with E-state index in [1.54, 1.807) is 12.1 Å². The third-order valence-corrected chi connectivity index (χ3v) is 5.09. The normalized spacial score (nSPS) is 12.3. The lowest BCUT2D eigenvalue weighted by molar-refractivity contribution is -0.384. The second-order valence-corrected chi connectivity index (χ2v) is 7.22. The molecule has 1 aromatic carbocycles. The number of rotatable bonds is 5. The molecule has 0 bridgehead atoms. The summed E-state index contributed by atoms with van der Waals surface area (Å²) in [4.78, 5) is 13.1. The van der Waals surface area contributed by atoms with Crippen molar-refractivity contribution in [2.45, 2.75) is 16.9 Å². The summed E-state index contributed by atoms with van der Waals surface area (Å²) >= 11 is 0. The van der Waals surface area contributed by atoms with E-state index >= 15 is 0 Å². The number of hydrogen-bond acceptors (Lipinski definition) is 7. The molecule has 3 rings (SSSR count). The number of benzene rings is 1. The average Bonchev–Trinajstić information content (AvgIpc) is 3.08. The summed E-state index contributed by atoms with van der Waals surface area (Å²) in [5.41, 5.74) is -5.38. The third-order valence-electron chi connectivity index (χ3n) is 3.61. The van der Waals surface area contributed by atoms with E-state index < -0.39 is 30.9 Å². The van der Waals surface area contributed by atoms with Crippen LogP contribution in [0, 0.1) is 10.1 Å². The second-order valence-electron chi connectivity index (χ2n) is 5.28. The fraction of sp³-hybridized carbons (Fsp3) is 0.143. The zero-order valence-electron chi connectivity index (χ0n) is 13.2. The van der Waals surface area contributed by atoms with E-state index in [-0.39, 0.29) is 12.2 Å². The van der Waals surface area contributed by atoms with Gasteiger partial charge in [-0.1, -0.05) is 0 Å². The molecule has 0 aliphatic carbocycles. The van der Waals surface area contributed by atoms with Crippen LogP contribution in [0.3, 0.4) is 0 Å². The van der Waals surface area contributed by atoms with Gasteiger partial charge in [0.1, 0.15) is 5.69 Å². The Morgan fingerprint density at radius 1 is 1.19 bits per heavy atom. The fourth-order valence-corrected chi connectivity index (χ4v) is 3.10. The molecule has 142 valence electrons. The first kappa shape index (κ1) is 18.6. The highest BCUT2D eigenvalue weighted by molar-refractivity contribution is 7.92. The SMILES string of the molecule is O=[N+]([O-])c1cc(S(=O)(=O)C(F)(F)F)ccc1NCc1ccnc2ccnn12. The third kappa shape index (κ3) is 3.40. The number of hydrogen-bond donors (Lipinski definition) is 1. The van der Waals surface area contributed by atoms with Crippen LogP contribution in [0.2, 0.25) is 0 Å². The van der Waals surface area contributed by atoms with E-state index in [2.05, 4.69) is 15.4 Å². The molecule has 0 aliphatic heterocycles. The molecule has 0 unspecified atom stereocenters. The summed E-state index contributed by atoms with van der Waals surface area (Å²) in [7, 11) is -5.69. The van der Waals surface area contributed by atoms with Crippen molar-refractivity contribution in [1.29, 1.82) is 0 Å². The Morgan fingerprint density at radius 2 is 1.93 bits per heavy atom. The topological polar surface area (TPSA) is 120 Å². The number of nitro groups is 1. The Labute approximate surface area is 149 Å². The van der Waals surface area contributed by atoms with Gasteiger partial charge in [0.25, 0.3) is 15.5 Å². The van der Waals surface area contributed by atoms with Crippen molar-refractivity contribution in [1.82, 2.24) is 14.6 Å². The minimum absolute atomic E-state index is 0.0346. The molecule has 0 radical (unpaired) electrons. The maximum absolute atomic E-state index is 12.7. The number of nitro benzene ring substituents is 1. The van der Waals surface area contributed by atoms with Gasteiger partial charge in [0.05, 0.1) is 28.3 Å². The molecular weight excluding hydrogens is 391 g/mol. The van der Waals surface area contributed by atoms with Gasteiger partial charge in [0.15, 0.2) is 5.65 Å². The van der Waals surface area contributed by atoms with Crippen LogP contribution in [-0.4, -0.2) is 33.4 Å². The molecule has 13 heteroatoms. The van der Waals surface area contributed by atoms with Gasteiger partial charge < -0.3 is 5.32 Å². The number of nitrogens with one attached hydrogen (secondary N) is 1. The van der Waals surface area contributed by atoms with Gasteiger partial charge in [-0.3, -0.25) is 10.1 Å². The molecule has 2 heterocycles. The van der Waals surface area contributed by atoms with E-state index in [4.69, 9.17) is 0 Å². The monoisotopic (exact) mass is 401 g/mol. The van der Waals surface area contributed by atoms with E-state index in [9.17, 15) is 31.7 Å². The van der Waals surface area contributed by atoms with Gasteiger partial charge in [0, 0.05) is 18.3 Å². The van der Waals surface area contributed by atoms with Crippen LogP contribution in [0.1, 0.15) is 5.69 Å². The Morgan fingerprint density at radius 3 is 2.59 bits per heavy atom. The lowest BCUT2D eigenvalue weighted by Crippen LogP contribution is -2.23. The Balaban J connectivity index is 1.94. The fourth-order valence-electron chi connectivity index (χ4n) is 2.32. The Bertz CT molecular complexity index is 1130. The highest BCUT2D eigenvalue weighted by Crippen LogP contribution is 2.34. The maximum Gasteiger partial charge on any atom is 0.501 e. The quantitative estimate of drug-likeness (QED) is 0.515. The smallest absolute Gasteiger partial charge is 0.374 e. The predicted octanol–water partition coefficient (Wildman–Crippen LogP) is 2.54. The number of sulfone groups is 1. The summed E-state index contributed by atoms with van der Waals surface area (Å²) in [6, 6.07) is 5.19. The maximum atomic E-state index is 12.7. The molecule has 0 atom stereocenters. The minimum Gasteiger partial charge on any atom is -0.374 e. The van der Waals surface area contributed by atoms with Crippen molar-refractivity contribution in [2.75, 3.05) is 5.32 Å². The van der Waals surface area contributed by atoms with Crippen LogP contribution in [0.15, 0.2) is 47.6 Å². The number of alkyl halides is 3. The van der Waals surface area contributed by atoms with Crippen molar-refractivity contribution in [3.63, 3.8) is 0 Å². The number of fused-ring (bicyclic) bond motifs is 1. The molecule has 0 saturated heterocycles. The van der Waals surface area contributed by atoms with Gasteiger partial charge in [-0.2, -0.15) is 18.3 Å². The lowest BCUT2D eigenvalue weighted by Gasteiger charge is -2.11. The molecule has 3 aromatic rings. The molecule has 0 spiro atoms. The van der Waals surface area contributed by atoms with Gasteiger partial charge in [-0.25, -0.2) is 17.9 Å². The van der Waals surface area contributed by atoms with Gasteiger partial charge in [-0.05, 0) is 18.2 Å². The van der Waals surface area contributed by atoms with Crippen LogP contribution in [0.25, 0.3) is 5.65 Å². The lowest BCUT2D eigenvalue weighted by atomic mass is 10.2. The minimum atomic E-state index is -5.69. The van der Waals surface area contributed by atoms with Gasteiger partial charge in [0.2, 0.25) is 0 Å². The first-order chi connectivity index (χ1) is 12.6. The summed E-state index contributed by atoms with van der Waals surface area (Å²) in [5, 5.41) is 17.9. The predicted molar refractivity (Wildman–Crippen MR) is 86.7 cm³/mol. The summed E-state index contributed by atoms with van der Waals surface area (Å²) in [6.07, 6.45) is 3.01. The van der Waals surface area contributed by atoms with Gasteiger partial charge >= 0.3 is 5.51 Å². The summed E-state index contributed by atoms with van der Waals surface area (Å²) in [5.74, 6) is 0. The van der Waals surface area contributed by atoms with E-state index in [0.717, 1.165) is 6.07 Å². The second kappa shape index (κ2) is 6.50. The molecule has 9 nitrogen and oxygen atoms in total. The van der Waals surface area contributed by atoms with Crippen LogP contribution in [0.4, 0.5) is 24.5 Å². The zero-order valence-corrected chi connectivity index (χ0v) is 14.0. The highest BCUT2D eigenvalue weighted by atomic mass is 32.2. The molecule has 27 heavy (non-hydrogen) atoms. The van der Waals surface area contributed by atoms with E-state index in [1.165, 1.54) is 16.9 Å². The highest BCUT2D eigenvalue weighted by Gasteiger charge is 2.47. The number of nitrogens with zero attached hydrogens (tertiary/aromatic N) is 4. The largest absolute Gasteiger partial charge is 0.501 e. The van der Waals surface area contributed by atoms with Crippen molar-refractivity contribution < 1.29 is 26.5 Å². The zero-order chi connectivity index (χ0) is 19.8. The molecule has 0 saturated carbocycles. The van der Waals surface area contributed by atoms with Crippen LogP contribution < -0.4 is 5.32 Å². The molecule has 0 amide bonds. The summed E-state index contributed by atoms with van der Waals surface area (Å²) in [6.45, 7) is 0.0346.